The molecule has 4 heteroatoms. The van der Waals surface area contributed by atoms with Crippen LogP contribution in [0.1, 0.15) is 4.88 Å². The average Bonchev–Trinajstić information content (AvgIpc) is 2.30. The first-order chi connectivity index (χ1) is 4.79. The number of hydrogen-bond donors (Lipinski definition) is 0. The van der Waals surface area contributed by atoms with E-state index in [0.717, 1.165) is 4.47 Å². The van der Waals surface area contributed by atoms with E-state index in [1.165, 1.54) is 11.3 Å². The summed E-state index contributed by atoms with van der Waals surface area (Å²) in [6.07, 6.45) is 0. The third-order valence-electron chi connectivity index (χ3n) is 1.01. The fraction of sp³-hybridized carbons (Fsp3) is 0.167. The van der Waals surface area contributed by atoms with E-state index in [9.17, 15) is 0 Å². The van der Waals surface area contributed by atoms with Crippen LogP contribution in [0.5, 0.6) is 5.75 Å². The van der Waals surface area contributed by atoms with Gasteiger partial charge in [0.05, 0.1) is 11.6 Å². The molecule has 0 spiro atoms. The molecule has 1 aromatic rings. The number of rotatable bonds is 1. The molecule has 0 saturated carbocycles. The van der Waals surface area contributed by atoms with Crippen LogP contribution >= 0.6 is 27.3 Å². The van der Waals surface area contributed by atoms with Crippen molar-refractivity contribution in [2.24, 2.45) is 0 Å². The summed E-state index contributed by atoms with van der Waals surface area (Å²) >= 11 is 4.62. The molecule has 1 heterocycles. The molecule has 0 fully saturated rings. The summed E-state index contributed by atoms with van der Waals surface area (Å²) in [5.41, 5.74) is 0. The van der Waals surface area contributed by atoms with Crippen LogP contribution in [-0.2, 0) is 0 Å². The van der Waals surface area contributed by atoms with E-state index in [4.69, 9.17) is 10.00 Å². The second kappa shape index (κ2) is 3.04. The number of methoxy groups -OCH3 is 1. The Morgan fingerprint density at radius 3 is 2.90 bits per heavy atom. The normalized spacial score (nSPS) is 8.90. The quantitative estimate of drug-likeness (QED) is 0.724. The Hall–Kier alpha value is -0.530. The van der Waals surface area contributed by atoms with Crippen molar-refractivity contribution in [3.05, 3.63) is 14.7 Å². The SMILES string of the molecule is COc1c(Br)csc1C#N. The highest BCUT2D eigenvalue weighted by Gasteiger charge is 2.08. The van der Waals surface area contributed by atoms with Gasteiger partial charge in [0.2, 0.25) is 0 Å². The molecule has 0 aromatic carbocycles. The Morgan fingerprint density at radius 1 is 1.80 bits per heavy atom. The smallest absolute Gasteiger partial charge is 0.161 e. The number of hydrogen-bond acceptors (Lipinski definition) is 3. The zero-order valence-corrected chi connectivity index (χ0v) is 7.62. The number of thiophene rings is 1. The van der Waals surface area contributed by atoms with Gasteiger partial charge in [0.15, 0.2) is 5.75 Å². The lowest BCUT2D eigenvalue weighted by Crippen LogP contribution is -1.81. The van der Waals surface area contributed by atoms with E-state index in [-0.39, 0.29) is 0 Å². The summed E-state index contributed by atoms with van der Waals surface area (Å²) in [7, 11) is 1.55. The van der Waals surface area contributed by atoms with Crippen molar-refractivity contribution in [2.75, 3.05) is 7.11 Å². The predicted octanol–water partition coefficient (Wildman–Crippen LogP) is 2.39. The van der Waals surface area contributed by atoms with Crippen molar-refractivity contribution in [3.63, 3.8) is 0 Å². The fourth-order valence-electron chi connectivity index (χ4n) is 0.593. The van der Waals surface area contributed by atoms with Crippen molar-refractivity contribution in [1.82, 2.24) is 0 Å². The van der Waals surface area contributed by atoms with Crippen LogP contribution in [-0.4, -0.2) is 7.11 Å². The fourth-order valence-corrected chi connectivity index (χ4v) is 2.05. The summed E-state index contributed by atoms with van der Waals surface area (Å²) in [4.78, 5) is 0.606. The summed E-state index contributed by atoms with van der Waals surface area (Å²) in [5.74, 6) is 0.632. The van der Waals surface area contributed by atoms with Gasteiger partial charge >= 0.3 is 0 Å². The number of halogens is 1. The highest BCUT2D eigenvalue weighted by Crippen LogP contribution is 2.33. The first-order valence-corrected chi connectivity index (χ1v) is 4.18. The van der Waals surface area contributed by atoms with E-state index < -0.39 is 0 Å². The summed E-state index contributed by atoms with van der Waals surface area (Å²) < 4.78 is 5.79. The maximum Gasteiger partial charge on any atom is 0.161 e. The minimum atomic E-state index is 0.606. The molecule has 52 valence electrons. The Bertz CT molecular complexity index is 276. The number of nitriles is 1. The number of nitrogens with zero attached hydrogens (tertiary/aromatic N) is 1. The lowest BCUT2D eigenvalue weighted by Gasteiger charge is -1.94. The topological polar surface area (TPSA) is 33.0 Å². The Labute approximate surface area is 71.2 Å². The van der Waals surface area contributed by atoms with Gasteiger partial charge in [-0.3, -0.25) is 0 Å². The molecule has 0 aliphatic heterocycles. The van der Waals surface area contributed by atoms with Crippen LogP contribution in [0.4, 0.5) is 0 Å². The summed E-state index contributed by atoms with van der Waals surface area (Å²) in [6, 6.07) is 2.03. The van der Waals surface area contributed by atoms with Crippen LogP contribution in [0.2, 0.25) is 0 Å². The maximum atomic E-state index is 8.52. The third-order valence-corrected chi connectivity index (χ3v) is 2.77. The summed E-state index contributed by atoms with van der Waals surface area (Å²) in [5, 5.41) is 10.4. The molecule has 1 rings (SSSR count). The lowest BCUT2D eigenvalue weighted by atomic mass is 10.4. The van der Waals surface area contributed by atoms with E-state index in [1.807, 2.05) is 11.4 Å². The Morgan fingerprint density at radius 2 is 2.50 bits per heavy atom. The molecule has 0 saturated heterocycles. The van der Waals surface area contributed by atoms with Crippen molar-refractivity contribution < 1.29 is 4.74 Å². The molecule has 1 aromatic heterocycles. The molecule has 0 radical (unpaired) electrons. The van der Waals surface area contributed by atoms with Crippen LogP contribution < -0.4 is 4.74 Å². The molecule has 0 aliphatic carbocycles. The molecule has 2 nitrogen and oxygen atoms in total. The van der Waals surface area contributed by atoms with E-state index in [2.05, 4.69) is 15.9 Å². The Balaban J connectivity index is 3.16. The lowest BCUT2D eigenvalue weighted by molar-refractivity contribution is 0.413. The maximum absolute atomic E-state index is 8.52. The molecule has 0 N–H and O–H groups in total. The molecule has 0 amide bonds. The van der Waals surface area contributed by atoms with Crippen LogP contribution in [0.25, 0.3) is 0 Å². The first-order valence-electron chi connectivity index (χ1n) is 2.50. The highest BCUT2D eigenvalue weighted by molar-refractivity contribution is 9.10. The van der Waals surface area contributed by atoms with Crippen molar-refractivity contribution >= 4 is 27.3 Å². The van der Waals surface area contributed by atoms with Crippen LogP contribution in [0.3, 0.4) is 0 Å². The molecule has 0 unspecified atom stereocenters. The van der Waals surface area contributed by atoms with Gasteiger partial charge in [0, 0.05) is 5.38 Å². The second-order valence-corrected chi connectivity index (χ2v) is 3.29. The van der Waals surface area contributed by atoms with Gasteiger partial charge in [0.25, 0.3) is 0 Å². The monoisotopic (exact) mass is 217 g/mol. The first kappa shape index (κ1) is 7.58. The van der Waals surface area contributed by atoms with E-state index in [0.29, 0.717) is 10.6 Å². The van der Waals surface area contributed by atoms with Gasteiger partial charge in [0.1, 0.15) is 10.9 Å². The molecule has 0 atom stereocenters. The zero-order chi connectivity index (χ0) is 7.56. The molecular formula is C6H4BrNOS. The second-order valence-electron chi connectivity index (χ2n) is 1.56. The van der Waals surface area contributed by atoms with Crippen molar-refractivity contribution in [1.29, 1.82) is 5.26 Å². The van der Waals surface area contributed by atoms with Crippen molar-refractivity contribution in [2.45, 2.75) is 0 Å². The molecular weight excluding hydrogens is 214 g/mol. The Kier molecular flexibility index (Phi) is 2.30. The molecule has 10 heavy (non-hydrogen) atoms. The molecule has 0 bridgehead atoms. The predicted molar refractivity (Wildman–Crippen MR) is 43.3 cm³/mol. The summed E-state index contributed by atoms with van der Waals surface area (Å²) in [6.45, 7) is 0. The minimum Gasteiger partial charge on any atom is -0.493 e. The highest BCUT2D eigenvalue weighted by atomic mass is 79.9. The van der Waals surface area contributed by atoms with Crippen LogP contribution in [0.15, 0.2) is 9.85 Å². The van der Waals surface area contributed by atoms with Gasteiger partial charge < -0.3 is 4.74 Å². The van der Waals surface area contributed by atoms with Gasteiger partial charge in [-0.2, -0.15) is 5.26 Å². The van der Waals surface area contributed by atoms with Gasteiger partial charge in [-0.1, -0.05) is 0 Å². The third kappa shape index (κ3) is 1.15. The standard InChI is InChI=1S/C6H4BrNOS/c1-9-6-4(7)3-10-5(6)2-8/h3H,1H3. The van der Waals surface area contributed by atoms with Gasteiger partial charge in [-0.25, -0.2) is 0 Å². The van der Waals surface area contributed by atoms with Gasteiger partial charge in [-0.05, 0) is 15.9 Å². The van der Waals surface area contributed by atoms with E-state index >= 15 is 0 Å². The minimum absolute atomic E-state index is 0.606. The average molecular weight is 218 g/mol. The largest absolute Gasteiger partial charge is 0.493 e. The number of ether oxygens (including phenoxy) is 1. The van der Waals surface area contributed by atoms with E-state index in [1.54, 1.807) is 7.11 Å². The zero-order valence-electron chi connectivity index (χ0n) is 5.22. The molecule has 0 aliphatic rings. The van der Waals surface area contributed by atoms with Crippen molar-refractivity contribution in [3.8, 4) is 11.8 Å². The van der Waals surface area contributed by atoms with Gasteiger partial charge in [-0.15, -0.1) is 11.3 Å². The van der Waals surface area contributed by atoms with Crippen LogP contribution in [0, 0.1) is 11.3 Å².